The van der Waals surface area contributed by atoms with E-state index in [2.05, 4.69) is 16.2 Å². The molecule has 1 aliphatic carbocycles. The van der Waals surface area contributed by atoms with Crippen molar-refractivity contribution < 1.29 is 4.74 Å². The summed E-state index contributed by atoms with van der Waals surface area (Å²) in [6, 6.07) is 0. The van der Waals surface area contributed by atoms with E-state index in [9.17, 15) is 0 Å². The summed E-state index contributed by atoms with van der Waals surface area (Å²) in [6.07, 6.45) is 11.2. The van der Waals surface area contributed by atoms with Crippen LogP contribution in [0, 0.1) is 5.41 Å². The quantitative estimate of drug-likeness (QED) is 0.837. The second-order valence-corrected chi connectivity index (χ2v) is 6.32. The highest BCUT2D eigenvalue weighted by atomic mass is 16.5. The number of ether oxygens (including phenoxy) is 1. The highest BCUT2D eigenvalue weighted by molar-refractivity contribution is 5.05. The number of hydrogen-bond acceptors (Lipinski definition) is 3. The number of hydrogen-bond donors (Lipinski definition) is 0. The number of aromatic nitrogens is 2. The Morgan fingerprint density at radius 3 is 3.00 bits per heavy atom. The number of piperidine rings is 1. The first kappa shape index (κ1) is 13.1. The lowest BCUT2D eigenvalue weighted by Gasteiger charge is -2.43. The summed E-state index contributed by atoms with van der Waals surface area (Å²) in [5, 5.41) is 4.27. The Hall–Kier alpha value is -0.870. The van der Waals surface area contributed by atoms with Crippen molar-refractivity contribution in [3.05, 3.63) is 18.0 Å². The molecule has 1 aromatic rings. The van der Waals surface area contributed by atoms with Gasteiger partial charge in [-0.2, -0.15) is 5.10 Å². The third kappa shape index (κ3) is 2.56. The van der Waals surface area contributed by atoms with Gasteiger partial charge in [-0.3, -0.25) is 9.58 Å². The molecule has 2 atom stereocenters. The Morgan fingerprint density at radius 1 is 1.42 bits per heavy atom. The average Bonchev–Trinajstić information content (AvgIpc) is 2.96. The van der Waals surface area contributed by atoms with Crippen LogP contribution in [-0.2, 0) is 18.3 Å². The summed E-state index contributed by atoms with van der Waals surface area (Å²) < 4.78 is 7.66. The molecule has 0 amide bonds. The largest absolute Gasteiger partial charge is 0.381 e. The fourth-order valence-electron chi connectivity index (χ4n) is 4.15. The molecule has 106 valence electrons. The van der Waals surface area contributed by atoms with Crippen LogP contribution in [0.5, 0.6) is 0 Å². The van der Waals surface area contributed by atoms with Crippen LogP contribution in [-0.4, -0.2) is 41.0 Å². The average molecular weight is 263 g/mol. The first-order valence-electron chi connectivity index (χ1n) is 7.44. The first-order valence-corrected chi connectivity index (χ1v) is 7.44. The Morgan fingerprint density at radius 2 is 2.26 bits per heavy atom. The summed E-state index contributed by atoms with van der Waals surface area (Å²) >= 11 is 0. The van der Waals surface area contributed by atoms with Gasteiger partial charge in [0.1, 0.15) is 0 Å². The molecule has 2 aliphatic rings. The van der Waals surface area contributed by atoms with Crippen molar-refractivity contribution in [3.63, 3.8) is 0 Å². The van der Waals surface area contributed by atoms with E-state index in [0.717, 1.165) is 6.54 Å². The van der Waals surface area contributed by atoms with Gasteiger partial charge in [-0.05, 0) is 32.2 Å². The van der Waals surface area contributed by atoms with Gasteiger partial charge in [0.15, 0.2) is 0 Å². The molecule has 4 nitrogen and oxygen atoms in total. The van der Waals surface area contributed by atoms with Gasteiger partial charge in [0, 0.05) is 44.4 Å². The predicted molar refractivity (Wildman–Crippen MR) is 74.8 cm³/mol. The smallest absolute Gasteiger partial charge is 0.0639 e. The molecule has 0 radical (unpaired) electrons. The molecule has 1 saturated heterocycles. The standard InChI is InChI=1S/C15H25N3O/c1-17-10-13(9-16-17)11-18-8-4-7-15(12-18)6-3-5-14(15)19-2/h9-10,14H,3-8,11-12H2,1-2H3/t14-,15+/m1/s1. The summed E-state index contributed by atoms with van der Waals surface area (Å²) in [5.41, 5.74) is 1.75. The number of nitrogens with zero attached hydrogens (tertiary/aromatic N) is 3. The lowest BCUT2D eigenvalue weighted by molar-refractivity contribution is -0.0366. The molecular weight excluding hydrogens is 238 g/mol. The van der Waals surface area contributed by atoms with Crippen LogP contribution < -0.4 is 0 Å². The van der Waals surface area contributed by atoms with Gasteiger partial charge in [-0.15, -0.1) is 0 Å². The van der Waals surface area contributed by atoms with E-state index in [1.54, 1.807) is 0 Å². The van der Waals surface area contributed by atoms with Gasteiger partial charge in [0.25, 0.3) is 0 Å². The van der Waals surface area contributed by atoms with Crippen molar-refractivity contribution >= 4 is 0 Å². The number of likely N-dealkylation sites (tertiary alicyclic amines) is 1. The Kier molecular flexibility index (Phi) is 3.63. The van der Waals surface area contributed by atoms with Crippen molar-refractivity contribution in [2.24, 2.45) is 12.5 Å². The zero-order chi connectivity index (χ0) is 13.3. The SMILES string of the molecule is CO[C@@H]1CCC[C@@]12CCCN(Cc1cnn(C)c1)C2. The molecule has 1 aliphatic heterocycles. The number of methoxy groups -OCH3 is 1. The zero-order valence-electron chi connectivity index (χ0n) is 12.1. The molecule has 2 fully saturated rings. The fraction of sp³-hybridized carbons (Fsp3) is 0.800. The van der Waals surface area contributed by atoms with Crippen molar-refractivity contribution in [2.45, 2.75) is 44.8 Å². The molecule has 4 heteroatoms. The minimum Gasteiger partial charge on any atom is -0.381 e. The van der Waals surface area contributed by atoms with E-state index < -0.39 is 0 Å². The first-order chi connectivity index (χ1) is 9.22. The van der Waals surface area contributed by atoms with E-state index in [0.29, 0.717) is 11.5 Å². The molecule has 0 bridgehead atoms. The van der Waals surface area contributed by atoms with Crippen molar-refractivity contribution in [3.8, 4) is 0 Å². The van der Waals surface area contributed by atoms with Crippen LogP contribution in [0.25, 0.3) is 0 Å². The highest BCUT2D eigenvalue weighted by Gasteiger charge is 2.45. The summed E-state index contributed by atoms with van der Waals surface area (Å²) in [6.45, 7) is 3.44. The van der Waals surface area contributed by atoms with Gasteiger partial charge < -0.3 is 4.74 Å². The summed E-state index contributed by atoms with van der Waals surface area (Å²) in [7, 11) is 3.87. The Balaban J connectivity index is 1.67. The van der Waals surface area contributed by atoms with Gasteiger partial charge in [-0.1, -0.05) is 6.42 Å². The fourth-order valence-corrected chi connectivity index (χ4v) is 4.15. The molecule has 19 heavy (non-hydrogen) atoms. The second-order valence-electron chi connectivity index (χ2n) is 6.32. The third-order valence-corrected chi connectivity index (χ3v) is 4.96. The van der Waals surface area contributed by atoms with Crippen LogP contribution in [0.4, 0.5) is 0 Å². The van der Waals surface area contributed by atoms with Crippen LogP contribution in [0.15, 0.2) is 12.4 Å². The molecule has 3 rings (SSSR count). The van der Waals surface area contributed by atoms with E-state index in [1.165, 1.54) is 50.8 Å². The lowest BCUT2D eigenvalue weighted by atomic mass is 9.76. The topological polar surface area (TPSA) is 30.3 Å². The molecule has 0 aromatic carbocycles. The zero-order valence-corrected chi connectivity index (χ0v) is 12.1. The monoisotopic (exact) mass is 263 g/mol. The highest BCUT2D eigenvalue weighted by Crippen LogP contribution is 2.46. The van der Waals surface area contributed by atoms with Crippen molar-refractivity contribution in [2.75, 3.05) is 20.2 Å². The van der Waals surface area contributed by atoms with Gasteiger partial charge in [-0.25, -0.2) is 0 Å². The van der Waals surface area contributed by atoms with Crippen LogP contribution >= 0.6 is 0 Å². The van der Waals surface area contributed by atoms with Crippen molar-refractivity contribution in [1.29, 1.82) is 0 Å². The molecular formula is C15H25N3O. The summed E-state index contributed by atoms with van der Waals surface area (Å²) in [4.78, 5) is 2.60. The Bertz CT molecular complexity index is 431. The molecule has 0 N–H and O–H groups in total. The number of aryl methyl sites for hydroxylation is 1. The van der Waals surface area contributed by atoms with Crippen LogP contribution in [0.2, 0.25) is 0 Å². The third-order valence-electron chi connectivity index (χ3n) is 4.96. The van der Waals surface area contributed by atoms with Crippen LogP contribution in [0.1, 0.15) is 37.7 Å². The molecule has 1 saturated carbocycles. The van der Waals surface area contributed by atoms with E-state index in [4.69, 9.17) is 4.74 Å². The Labute approximate surface area is 115 Å². The maximum absolute atomic E-state index is 5.76. The minimum atomic E-state index is 0.426. The van der Waals surface area contributed by atoms with Crippen molar-refractivity contribution in [1.82, 2.24) is 14.7 Å². The van der Waals surface area contributed by atoms with E-state index >= 15 is 0 Å². The van der Waals surface area contributed by atoms with Gasteiger partial charge >= 0.3 is 0 Å². The van der Waals surface area contributed by atoms with Crippen LogP contribution in [0.3, 0.4) is 0 Å². The predicted octanol–water partition coefficient (Wildman–Crippen LogP) is 2.20. The van der Waals surface area contributed by atoms with Gasteiger partial charge in [0.2, 0.25) is 0 Å². The number of rotatable bonds is 3. The maximum atomic E-state index is 5.76. The molecule has 0 unspecified atom stereocenters. The maximum Gasteiger partial charge on any atom is 0.0639 e. The van der Waals surface area contributed by atoms with E-state index in [-0.39, 0.29) is 0 Å². The summed E-state index contributed by atoms with van der Waals surface area (Å²) in [5.74, 6) is 0. The minimum absolute atomic E-state index is 0.426. The van der Waals surface area contributed by atoms with E-state index in [1.807, 2.05) is 25.0 Å². The molecule has 1 spiro atoms. The molecule has 2 heterocycles. The molecule has 1 aromatic heterocycles. The van der Waals surface area contributed by atoms with Gasteiger partial charge in [0.05, 0.1) is 12.3 Å². The lowest BCUT2D eigenvalue weighted by Crippen LogP contribution is -2.47. The second kappa shape index (κ2) is 5.25. The normalized spacial score (nSPS) is 32.2.